The third kappa shape index (κ3) is 7.07. The normalized spacial score (nSPS) is 17.9. The lowest BCUT2D eigenvalue weighted by molar-refractivity contribution is -0.140. The zero-order valence-corrected chi connectivity index (χ0v) is 23.2. The first-order chi connectivity index (χ1) is 19.6. The Bertz CT molecular complexity index is 1280. The van der Waals surface area contributed by atoms with Crippen molar-refractivity contribution in [2.45, 2.75) is 82.9 Å². The van der Waals surface area contributed by atoms with Gasteiger partial charge in [-0.15, -0.1) is 0 Å². The van der Waals surface area contributed by atoms with E-state index in [2.05, 4.69) is 25.7 Å². The quantitative estimate of drug-likeness (QED) is 0.221. The van der Waals surface area contributed by atoms with Gasteiger partial charge in [0.2, 0.25) is 5.95 Å². The molecule has 11 heteroatoms. The second-order valence-corrected chi connectivity index (χ2v) is 10.5. The van der Waals surface area contributed by atoms with Crippen LogP contribution in [0.15, 0.2) is 30.6 Å². The van der Waals surface area contributed by atoms with Gasteiger partial charge in [0.25, 0.3) is 5.91 Å². The van der Waals surface area contributed by atoms with Crippen LogP contribution in [0.3, 0.4) is 0 Å². The second kappa shape index (κ2) is 13.6. The Kier molecular flexibility index (Phi) is 9.43. The lowest BCUT2D eigenvalue weighted by atomic mass is 9.95. The molecule has 2 fully saturated rings. The highest BCUT2D eigenvalue weighted by Crippen LogP contribution is 2.31. The van der Waals surface area contributed by atoms with Gasteiger partial charge in [-0.25, -0.2) is 4.98 Å². The van der Waals surface area contributed by atoms with Crippen LogP contribution in [0.4, 0.5) is 17.5 Å². The van der Waals surface area contributed by atoms with Gasteiger partial charge in [0.05, 0.1) is 13.4 Å². The third-order valence-electron chi connectivity index (χ3n) is 7.56. The molecule has 0 radical (unpaired) electrons. The molecule has 1 aliphatic carbocycles. The van der Waals surface area contributed by atoms with E-state index < -0.39 is 0 Å². The van der Waals surface area contributed by atoms with E-state index in [9.17, 15) is 9.59 Å². The van der Waals surface area contributed by atoms with E-state index in [1.165, 1.54) is 26.4 Å². The first kappa shape index (κ1) is 27.8. The minimum absolute atomic E-state index is 0.0812. The molecule has 3 heterocycles. The molecule has 5 rings (SSSR count). The molecular formula is C29H39N7O4. The van der Waals surface area contributed by atoms with Crippen molar-refractivity contribution in [2.24, 2.45) is 0 Å². The number of carbonyl (C=O) groups excluding carboxylic acids is 2. The van der Waals surface area contributed by atoms with E-state index >= 15 is 0 Å². The summed E-state index contributed by atoms with van der Waals surface area (Å²) in [4.78, 5) is 38.1. The number of ether oxygens (including phenoxy) is 2. The highest BCUT2D eigenvalue weighted by molar-refractivity contribution is 5.94. The molecule has 0 bridgehead atoms. The lowest BCUT2D eigenvalue weighted by Gasteiger charge is -2.25. The van der Waals surface area contributed by atoms with Crippen molar-refractivity contribution in [3.63, 3.8) is 0 Å². The van der Waals surface area contributed by atoms with Gasteiger partial charge >= 0.3 is 5.97 Å². The molecule has 1 aliphatic heterocycles. The minimum Gasteiger partial charge on any atom is -0.469 e. The van der Waals surface area contributed by atoms with Gasteiger partial charge in [0.1, 0.15) is 6.23 Å². The van der Waals surface area contributed by atoms with Crippen LogP contribution in [0.5, 0.6) is 0 Å². The average Bonchev–Trinajstić information content (AvgIpc) is 3.42. The molecule has 3 N–H and O–H groups in total. The number of benzene rings is 1. The molecule has 2 aromatic heterocycles. The summed E-state index contributed by atoms with van der Waals surface area (Å²) in [5, 5.41) is 9.85. The Morgan fingerprint density at radius 2 is 1.82 bits per heavy atom. The molecule has 1 saturated heterocycles. The Balaban J connectivity index is 1.28. The Morgan fingerprint density at radius 3 is 2.58 bits per heavy atom. The third-order valence-corrected chi connectivity index (χ3v) is 7.56. The van der Waals surface area contributed by atoms with Crippen LogP contribution in [-0.2, 0) is 14.3 Å². The summed E-state index contributed by atoms with van der Waals surface area (Å²) in [6.45, 7) is 1.24. The number of fused-ring (bicyclic) bond motifs is 1. The Hall–Kier alpha value is -3.73. The number of hydrogen-bond acceptors (Lipinski definition) is 9. The fraction of sp³-hybridized carbons (Fsp3) is 0.552. The molecule has 1 unspecified atom stereocenters. The maximum Gasteiger partial charge on any atom is 0.305 e. The molecule has 1 aromatic carbocycles. The number of imidazole rings is 1. The minimum atomic E-state index is -0.235. The molecule has 1 atom stereocenters. The predicted molar refractivity (Wildman–Crippen MR) is 153 cm³/mol. The van der Waals surface area contributed by atoms with Crippen molar-refractivity contribution < 1.29 is 19.1 Å². The van der Waals surface area contributed by atoms with Gasteiger partial charge in [-0.3, -0.25) is 14.2 Å². The fourth-order valence-electron chi connectivity index (χ4n) is 5.30. The van der Waals surface area contributed by atoms with Crippen LogP contribution in [-0.4, -0.2) is 57.7 Å². The van der Waals surface area contributed by atoms with E-state index in [-0.39, 0.29) is 18.1 Å². The summed E-state index contributed by atoms with van der Waals surface area (Å²) in [5.41, 5.74) is 2.83. The highest BCUT2D eigenvalue weighted by Gasteiger charge is 2.23. The number of amides is 1. The van der Waals surface area contributed by atoms with E-state index in [0.717, 1.165) is 61.4 Å². The fourth-order valence-corrected chi connectivity index (χ4v) is 5.30. The van der Waals surface area contributed by atoms with Crippen LogP contribution >= 0.6 is 0 Å². The average molecular weight is 550 g/mol. The summed E-state index contributed by atoms with van der Waals surface area (Å²) in [6.07, 6.45) is 12.5. The second-order valence-electron chi connectivity index (χ2n) is 10.5. The predicted octanol–water partition coefficient (Wildman–Crippen LogP) is 5.09. The number of rotatable bonds is 11. The number of hydrogen-bond donors (Lipinski definition) is 3. The van der Waals surface area contributed by atoms with E-state index in [1.54, 1.807) is 12.1 Å². The number of nitrogens with zero attached hydrogens (tertiary/aromatic N) is 4. The number of unbranched alkanes of at least 4 members (excludes halogenated alkanes) is 1. The van der Waals surface area contributed by atoms with Crippen LogP contribution in [0.2, 0.25) is 0 Å². The topological polar surface area (TPSA) is 132 Å². The SMILES string of the molecule is COC(=O)CCCCNC(=O)c1ccc(Nc2nc(NC3CCCCC3)c3ncn(C4CCCCO4)c3n2)cc1. The number of nitrogens with one attached hydrogen (secondary N) is 3. The smallest absolute Gasteiger partial charge is 0.305 e. The van der Waals surface area contributed by atoms with Gasteiger partial charge in [-0.05, 0) is 69.2 Å². The zero-order chi connectivity index (χ0) is 27.7. The first-order valence-electron chi connectivity index (χ1n) is 14.5. The molecule has 0 spiro atoms. The van der Waals surface area contributed by atoms with Crippen molar-refractivity contribution >= 4 is 40.5 Å². The summed E-state index contributed by atoms with van der Waals surface area (Å²) in [7, 11) is 1.38. The van der Waals surface area contributed by atoms with E-state index in [1.807, 2.05) is 23.0 Å². The van der Waals surface area contributed by atoms with Gasteiger partial charge in [0.15, 0.2) is 17.0 Å². The van der Waals surface area contributed by atoms with Crippen LogP contribution in [0, 0.1) is 0 Å². The maximum atomic E-state index is 12.5. The number of methoxy groups -OCH3 is 1. The molecule has 1 amide bonds. The molecule has 3 aromatic rings. The molecule has 1 saturated carbocycles. The summed E-state index contributed by atoms with van der Waals surface area (Å²) in [5.74, 6) is 0.808. The Morgan fingerprint density at radius 1 is 1.02 bits per heavy atom. The summed E-state index contributed by atoms with van der Waals surface area (Å²) in [6, 6.07) is 7.59. The number of anilines is 3. The van der Waals surface area contributed by atoms with Crippen LogP contribution in [0.1, 0.15) is 87.2 Å². The summed E-state index contributed by atoms with van der Waals surface area (Å²) >= 11 is 0. The largest absolute Gasteiger partial charge is 0.469 e. The number of aromatic nitrogens is 4. The van der Waals surface area contributed by atoms with Gasteiger partial charge in [0, 0.05) is 36.9 Å². The molecule has 214 valence electrons. The van der Waals surface area contributed by atoms with Crippen molar-refractivity contribution in [3.05, 3.63) is 36.2 Å². The number of carbonyl (C=O) groups is 2. The summed E-state index contributed by atoms with van der Waals surface area (Å²) < 4.78 is 12.7. The van der Waals surface area contributed by atoms with Gasteiger partial charge in [-0.1, -0.05) is 19.3 Å². The monoisotopic (exact) mass is 549 g/mol. The molecule has 2 aliphatic rings. The van der Waals surface area contributed by atoms with Crippen molar-refractivity contribution in [1.82, 2.24) is 24.8 Å². The molecule has 11 nitrogen and oxygen atoms in total. The standard InChI is InChI=1S/C29H39N7O4/c1-39-24(37)12-5-7-17-30-28(38)20-13-15-22(16-14-20)33-29-34-26(32-21-9-3-2-4-10-21)25-27(35-29)36(19-31-25)23-11-6-8-18-40-23/h13-16,19,21,23H,2-12,17-18H2,1H3,(H,30,38)(H2,32,33,34,35). The van der Waals surface area contributed by atoms with Crippen molar-refractivity contribution in [1.29, 1.82) is 0 Å². The van der Waals surface area contributed by atoms with Crippen LogP contribution in [0.25, 0.3) is 11.2 Å². The molecular weight excluding hydrogens is 510 g/mol. The Labute approximate surface area is 234 Å². The van der Waals surface area contributed by atoms with Gasteiger partial charge in [-0.2, -0.15) is 9.97 Å². The highest BCUT2D eigenvalue weighted by atomic mass is 16.5. The molecule has 40 heavy (non-hydrogen) atoms. The zero-order valence-electron chi connectivity index (χ0n) is 23.2. The van der Waals surface area contributed by atoms with Crippen LogP contribution < -0.4 is 16.0 Å². The van der Waals surface area contributed by atoms with Crippen molar-refractivity contribution in [3.8, 4) is 0 Å². The first-order valence-corrected chi connectivity index (χ1v) is 14.5. The van der Waals surface area contributed by atoms with Gasteiger partial charge < -0.3 is 25.4 Å². The number of esters is 1. The van der Waals surface area contributed by atoms with E-state index in [0.29, 0.717) is 43.4 Å². The maximum absolute atomic E-state index is 12.5. The lowest BCUT2D eigenvalue weighted by Crippen LogP contribution is -2.24. The van der Waals surface area contributed by atoms with E-state index in [4.69, 9.17) is 14.7 Å². The van der Waals surface area contributed by atoms with Crippen molar-refractivity contribution in [2.75, 3.05) is 30.9 Å².